The van der Waals surface area contributed by atoms with Crippen molar-refractivity contribution in [3.8, 4) is 0 Å². The zero-order valence-corrected chi connectivity index (χ0v) is 13.0. The van der Waals surface area contributed by atoms with Crippen LogP contribution in [0.4, 0.5) is 5.69 Å². The topological polar surface area (TPSA) is 76.1 Å². The van der Waals surface area contributed by atoms with Crippen LogP contribution in [0.1, 0.15) is 10.4 Å². The molecule has 0 aliphatic rings. The second kappa shape index (κ2) is 5.90. The number of halogens is 2. The second-order valence-electron chi connectivity index (χ2n) is 3.78. The molecule has 0 fully saturated rings. The van der Waals surface area contributed by atoms with Gasteiger partial charge in [0.1, 0.15) is 0 Å². The van der Waals surface area contributed by atoms with E-state index in [-0.39, 0.29) is 10.9 Å². The van der Waals surface area contributed by atoms with Crippen LogP contribution in [0.2, 0.25) is 0 Å². The van der Waals surface area contributed by atoms with Gasteiger partial charge in [0.25, 0.3) is 15.0 Å². The molecule has 1 N–H and O–H groups in total. The summed E-state index contributed by atoms with van der Waals surface area (Å²) in [5.74, 6) is -0.319. The Morgan fingerprint density at radius 1 is 1.15 bits per heavy atom. The summed E-state index contributed by atoms with van der Waals surface area (Å²) in [4.78, 5) is 15.6. The number of anilines is 1. The Morgan fingerprint density at radius 2 is 1.80 bits per heavy atom. The number of nitrogens with zero attached hydrogens (tertiary/aromatic N) is 1. The highest BCUT2D eigenvalue weighted by Crippen LogP contribution is 2.16. The van der Waals surface area contributed by atoms with E-state index in [1.165, 1.54) is 18.3 Å². The van der Waals surface area contributed by atoms with Gasteiger partial charge in [-0.15, -0.1) is 0 Å². The van der Waals surface area contributed by atoms with Crippen LogP contribution in [0.3, 0.4) is 0 Å². The molecule has 2 aromatic rings. The van der Waals surface area contributed by atoms with Crippen molar-refractivity contribution < 1.29 is 13.2 Å². The fraction of sp³-hybridized carbons (Fsp3) is 0. The number of carbonyl (C=O) groups excluding carboxylic acids is 1. The van der Waals surface area contributed by atoms with Crippen molar-refractivity contribution in [2.75, 3.05) is 5.32 Å². The predicted octanol–water partition coefficient (Wildman–Crippen LogP) is 3.02. The molecule has 0 atom stereocenters. The Morgan fingerprint density at radius 3 is 2.30 bits per heavy atom. The van der Waals surface area contributed by atoms with Gasteiger partial charge in [0, 0.05) is 20.7 Å². The van der Waals surface area contributed by atoms with Crippen LogP contribution in [-0.4, -0.2) is 19.3 Å². The van der Waals surface area contributed by atoms with Crippen LogP contribution in [0.15, 0.2) is 52.1 Å². The smallest absolute Gasteiger partial charge is 0.278 e. The lowest BCUT2D eigenvalue weighted by atomic mass is 10.2. The first-order valence-corrected chi connectivity index (χ1v) is 8.44. The summed E-state index contributed by atoms with van der Waals surface area (Å²) in [5.41, 5.74) is 0.851. The Kier molecular flexibility index (Phi) is 4.42. The van der Waals surface area contributed by atoms with Crippen molar-refractivity contribution in [1.29, 1.82) is 0 Å². The zero-order chi connectivity index (χ0) is 14.8. The van der Waals surface area contributed by atoms with Gasteiger partial charge in [-0.05, 0) is 36.4 Å². The SMILES string of the molecule is O=C(Nc1ccc(S(=O)(=O)Cl)nc1)c1ccc(Br)cc1. The molecule has 0 spiro atoms. The first kappa shape index (κ1) is 15.0. The summed E-state index contributed by atoms with van der Waals surface area (Å²) in [6, 6.07) is 9.44. The number of rotatable bonds is 3. The normalized spacial score (nSPS) is 11.1. The van der Waals surface area contributed by atoms with E-state index in [2.05, 4.69) is 26.2 Å². The van der Waals surface area contributed by atoms with Gasteiger partial charge in [-0.3, -0.25) is 4.79 Å². The van der Waals surface area contributed by atoms with E-state index in [9.17, 15) is 13.2 Å². The van der Waals surface area contributed by atoms with Gasteiger partial charge in [-0.1, -0.05) is 15.9 Å². The maximum Gasteiger partial charge on any atom is 0.278 e. The van der Waals surface area contributed by atoms with E-state index in [4.69, 9.17) is 10.7 Å². The predicted molar refractivity (Wildman–Crippen MR) is 79.4 cm³/mol. The lowest BCUT2D eigenvalue weighted by molar-refractivity contribution is 0.102. The molecule has 0 aliphatic heterocycles. The van der Waals surface area contributed by atoms with E-state index < -0.39 is 9.05 Å². The fourth-order valence-electron chi connectivity index (χ4n) is 1.40. The van der Waals surface area contributed by atoms with E-state index in [0.29, 0.717) is 11.3 Å². The summed E-state index contributed by atoms with van der Waals surface area (Å²) in [6.07, 6.45) is 1.23. The minimum Gasteiger partial charge on any atom is -0.321 e. The number of nitrogens with one attached hydrogen (secondary N) is 1. The Hall–Kier alpha value is -1.44. The largest absolute Gasteiger partial charge is 0.321 e. The summed E-state index contributed by atoms with van der Waals surface area (Å²) in [6.45, 7) is 0. The number of carbonyl (C=O) groups is 1. The molecular formula is C12H8BrClN2O3S. The van der Waals surface area contributed by atoms with E-state index in [1.807, 2.05) is 0 Å². The molecule has 20 heavy (non-hydrogen) atoms. The molecule has 104 valence electrons. The van der Waals surface area contributed by atoms with Crippen molar-refractivity contribution in [1.82, 2.24) is 4.98 Å². The van der Waals surface area contributed by atoms with Gasteiger partial charge in [0.05, 0.1) is 11.9 Å². The third kappa shape index (κ3) is 3.78. The second-order valence-corrected chi connectivity index (χ2v) is 7.21. The standard InChI is InChI=1S/C12H8BrClN2O3S/c13-9-3-1-8(2-4-9)12(17)16-10-5-6-11(15-7-10)20(14,18)19/h1-7H,(H,16,17). The zero-order valence-electron chi connectivity index (χ0n) is 9.88. The molecule has 0 radical (unpaired) electrons. The van der Waals surface area contributed by atoms with Gasteiger partial charge in [-0.2, -0.15) is 0 Å². The summed E-state index contributed by atoms with van der Waals surface area (Å²) in [5, 5.41) is 2.34. The highest BCUT2D eigenvalue weighted by atomic mass is 79.9. The number of hydrogen-bond acceptors (Lipinski definition) is 4. The number of amides is 1. The molecule has 2 rings (SSSR count). The molecule has 0 bridgehead atoms. The maximum absolute atomic E-state index is 11.9. The molecule has 1 aromatic heterocycles. The minimum atomic E-state index is -3.86. The van der Waals surface area contributed by atoms with E-state index in [1.54, 1.807) is 24.3 Å². The Bertz CT molecular complexity index is 730. The van der Waals surface area contributed by atoms with Crippen LogP contribution in [0.5, 0.6) is 0 Å². The number of benzene rings is 1. The van der Waals surface area contributed by atoms with Gasteiger partial charge in [0.2, 0.25) is 0 Å². The monoisotopic (exact) mass is 374 g/mol. The lowest BCUT2D eigenvalue weighted by Crippen LogP contribution is -2.12. The van der Waals surface area contributed by atoms with Crippen LogP contribution in [0, 0.1) is 0 Å². The molecule has 0 unspecified atom stereocenters. The van der Waals surface area contributed by atoms with E-state index in [0.717, 1.165) is 4.47 Å². The average Bonchev–Trinajstić information content (AvgIpc) is 2.39. The average molecular weight is 376 g/mol. The summed E-state index contributed by atoms with van der Waals surface area (Å²) >= 11 is 3.28. The van der Waals surface area contributed by atoms with Crippen molar-refractivity contribution in [2.24, 2.45) is 0 Å². The van der Waals surface area contributed by atoms with Crippen molar-refractivity contribution in [3.05, 3.63) is 52.6 Å². The lowest BCUT2D eigenvalue weighted by Gasteiger charge is -2.05. The van der Waals surface area contributed by atoms with Crippen molar-refractivity contribution in [2.45, 2.75) is 5.03 Å². The molecule has 1 aromatic carbocycles. The highest BCUT2D eigenvalue weighted by Gasteiger charge is 2.12. The molecule has 1 heterocycles. The number of aromatic nitrogens is 1. The van der Waals surface area contributed by atoms with Crippen molar-refractivity contribution >= 4 is 47.3 Å². The molecule has 0 saturated heterocycles. The Labute approximate surface area is 128 Å². The van der Waals surface area contributed by atoms with Crippen LogP contribution < -0.4 is 5.32 Å². The maximum atomic E-state index is 11.9. The molecule has 8 heteroatoms. The summed E-state index contributed by atoms with van der Waals surface area (Å²) < 4.78 is 22.9. The number of pyridine rings is 1. The first-order valence-electron chi connectivity index (χ1n) is 5.34. The Balaban J connectivity index is 2.14. The van der Waals surface area contributed by atoms with Gasteiger partial charge < -0.3 is 5.32 Å². The van der Waals surface area contributed by atoms with Gasteiger partial charge >= 0.3 is 0 Å². The molecule has 0 aliphatic carbocycles. The molecular weight excluding hydrogens is 368 g/mol. The van der Waals surface area contributed by atoms with Gasteiger partial charge in [0.15, 0.2) is 5.03 Å². The third-order valence-electron chi connectivity index (χ3n) is 2.35. The third-order valence-corrected chi connectivity index (χ3v) is 4.09. The van der Waals surface area contributed by atoms with E-state index >= 15 is 0 Å². The minimum absolute atomic E-state index is 0.263. The molecule has 0 saturated carbocycles. The number of hydrogen-bond donors (Lipinski definition) is 1. The fourth-order valence-corrected chi connectivity index (χ4v) is 2.35. The van der Waals surface area contributed by atoms with Crippen LogP contribution in [0.25, 0.3) is 0 Å². The van der Waals surface area contributed by atoms with Crippen LogP contribution in [-0.2, 0) is 9.05 Å². The van der Waals surface area contributed by atoms with Gasteiger partial charge in [-0.25, -0.2) is 13.4 Å². The first-order chi connectivity index (χ1) is 9.36. The summed E-state index contributed by atoms with van der Waals surface area (Å²) in [7, 11) is 1.28. The van der Waals surface area contributed by atoms with Crippen molar-refractivity contribution in [3.63, 3.8) is 0 Å². The molecule has 5 nitrogen and oxygen atoms in total. The van der Waals surface area contributed by atoms with Crippen LogP contribution >= 0.6 is 26.6 Å². The highest BCUT2D eigenvalue weighted by molar-refractivity contribution is 9.10. The quantitative estimate of drug-likeness (QED) is 0.837. The molecule has 1 amide bonds.